The molecule has 2 heterocycles. The number of nitrogens with two attached hydrogens (primary N) is 1. The molecule has 102 valence electrons. The summed E-state index contributed by atoms with van der Waals surface area (Å²) in [7, 11) is 0. The molecule has 0 radical (unpaired) electrons. The topological polar surface area (TPSA) is 78.0 Å². The summed E-state index contributed by atoms with van der Waals surface area (Å²) in [6.45, 7) is 5.29. The lowest BCUT2D eigenvalue weighted by atomic mass is 10.3. The molecule has 6 heteroatoms. The maximum Gasteiger partial charge on any atom is 0.239 e. The van der Waals surface area contributed by atoms with Gasteiger partial charge in [0.2, 0.25) is 5.88 Å². The predicted octanol–water partition coefficient (Wildman–Crippen LogP) is 1.76. The summed E-state index contributed by atoms with van der Waals surface area (Å²) in [6, 6.07) is 5.74. The number of hydrogen-bond donors (Lipinski definition) is 2. The molecule has 0 saturated carbocycles. The van der Waals surface area contributed by atoms with Crippen LogP contribution >= 0.6 is 0 Å². The van der Waals surface area contributed by atoms with Crippen LogP contribution in [0.5, 0.6) is 5.88 Å². The SMILES string of the molecule is CCOc1nc(NC(C)Cn2cccn2)ccc1N. The van der Waals surface area contributed by atoms with Crippen molar-refractivity contribution in [3.8, 4) is 5.88 Å². The Balaban J connectivity index is 2.00. The Bertz CT molecular complexity index is 512. The largest absolute Gasteiger partial charge is 0.476 e. The van der Waals surface area contributed by atoms with E-state index in [1.165, 1.54) is 0 Å². The summed E-state index contributed by atoms with van der Waals surface area (Å²) < 4.78 is 7.24. The van der Waals surface area contributed by atoms with Crippen LogP contribution in [0.4, 0.5) is 11.5 Å². The molecule has 2 rings (SSSR count). The maximum absolute atomic E-state index is 5.79. The van der Waals surface area contributed by atoms with Gasteiger partial charge in [-0.05, 0) is 32.0 Å². The third kappa shape index (κ3) is 3.61. The summed E-state index contributed by atoms with van der Waals surface area (Å²) >= 11 is 0. The molecule has 0 aliphatic heterocycles. The van der Waals surface area contributed by atoms with E-state index in [1.54, 1.807) is 12.3 Å². The Morgan fingerprint density at radius 2 is 2.32 bits per heavy atom. The second kappa shape index (κ2) is 6.08. The molecule has 0 saturated heterocycles. The van der Waals surface area contributed by atoms with E-state index in [0.29, 0.717) is 18.2 Å². The Hall–Kier alpha value is -2.24. The Morgan fingerprint density at radius 3 is 3.00 bits per heavy atom. The highest BCUT2D eigenvalue weighted by atomic mass is 16.5. The second-order valence-corrected chi connectivity index (χ2v) is 4.30. The van der Waals surface area contributed by atoms with Gasteiger partial charge in [-0.3, -0.25) is 4.68 Å². The summed E-state index contributed by atoms with van der Waals surface area (Å²) in [6.07, 6.45) is 3.70. The Labute approximate surface area is 112 Å². The molecule has 0 aromatic carbocycles. The fraction of sp³-hybridized carbons (Fsp3) is 0.385. The van der Waals surface area contributed by atoms with Crippen molar-refractivity contribution < 1.29 is 4.74 Å². The van der Waals surface area contributed by atoms with Gasteiger partial charge in [-0.2, -0.15) is 10.1 Å². The first-order valence-corrected chi connectivity index (χ1v) is 6.32. The van der Waals surface area contributed by atoms with Gasteiger partial charge >= 0.3 is 0 Å². The number of hydrogen-bond acceptors (Lipinski definition) is 5. The monoisotopic (exact) mass is 261 g/mol. The quantitative estimate of drug-likeness (QED) is 0.828. The van der Waals surface area contributed by atoms with Gasteiger partial charge in [0.1, 0.15) is 5.82 Å². The molecular formula is C13H19N5O. The van der Waals surface area contributed by atoms with Gasteiger partial charge < -0.3 is 15.8 Å². The van der Waals surface area contributed by atoms with Gasteiger partial charge in [-0.1, -0.05) is 0 Å². The molecule has 0 fully saturated rings. The molecule has 0 spiro atoms. The van der Waals surface area contributed by atoms with Gasteiger partial charge in [-0.15, -0.1) is 0 Å². The van der Waals surface area contributed by atoms with Crippen LogP contribution < -0.4 is 15.8 Å². The van der Waals surface area contributed by atoms with Crippen LogP contribution in [0.2, 0.25) is 0 Å². The molecule has 1 unspecified atom stereocenters. The zero-order valence-electron chi connectivity index (χ0n) is 11.2. The highest BCUT2D eigenvalue weighted by molar-refractivity contribution is 5.53. The minimum Gasteiger partial charge on any atom is -0.476 e. The molecule has 2 aromatic rings. The van der Waals surface area contributed by atoms with E-state index in [4.69, 9.17) is 10.5 Å². The second-order valence-electron chi connectivity index (χ2n) is 4.30. The molecule has 6 nitrogen and oxygen atoms in total. The zero-order valence-corrected chi connectivity index (χ0v) is 11.2. The van der Waals surface area contributed by atoms with Crippen molar-refractivity contribution in [2.24, 2.45) is 0 Å². The summed E-state index contributed by atoms with van der Waals surface area (Å²) in [5.41, 5.74) is 6.33. The molecule has 0 aliphatic rings. The van der Waals surface area contributed by atoms with E-state index in [1.807, 2.05) is 29.9 Å². The lowest BCUT2D eigenvalue weighted by Gasteiger charge is -2.15. The lowest BCUT2D eigenvalue weighted by Crippen LogP contribution is -2.22. The first-order chi connectivity index (χ1) is 9.19. The average molecular weight is 261 g/mol. The smallest absolute Gasteiger partial charge is 0.239 e. The lowest BCUT2D eigenvalue weighted by molar-refractivity contribution is 0.329. The van der Waals surface area contributed by atoms with Crippen LogP contribution in [0.15, 0.2) is 30.6 Å². The van der Waals surface area contributed by atoms with Crippen molar-refractivity contribution in [1.82, 2.24) is 14.8 Å². The van der Waals surface area contributed by atoms with E-state index in [2.05, 4.69) is 22.3 Å². The first-order valence-electron chi connectivity index (χ1n) is 6.32. The molecule has 0 bridgehead atoms. The van der Waals surface area contributed by atoms with Crippen LogP contribution in [0.1, 0.15) is 13.8 Å². The fourth-order valence-electron chi connectivity index (χ4n) is 1.77. The van der Waals surface area contributed by atoms with Gasteiger partial charge in [0.15, 0.2) is 0 Å². The standard InChI is InChI=1S/C13H19N5O/c1-3-19-13-11(14)5-6-12(17-13)16-10(2)9-18-8-4-7-15-18/h4-8,10H,3,9,14H2,1-2H3,(H,16,17). The minimum absolute atomic E-state index is 0.200. The van der Waals surface area contributed by atoms with E-state index in [-0.39, 0.29) is 6.04 Å². The van der Waals surface area contributed by atoms with E-state index < -0.39 is 0 Å². The van der Waals surface area contributed by atoms with E-state index in [9.17, 15) is 0 Å². The predicted molar refractivity (Wildman–Crippen MR) is 75.1 cm³/mol. The third-order valence-electron chi connectivity index (χ3n) is 2.59. The number of nitrogens with one attached hydrogen (secondary N) is 1. The van der Waals surface area contributed by atoms with Gasteiger partial charge in [-0.25, -0.2) is 0 Å². The third-order valence-corrected chi connectivity index (χ3v) is 2.59. The summed E-state index contributed by atoms with van der Waals surface area (Å²) in [4.78, 5) is 4.34. The highest BCUT2D eigenvalue weighted by Gasteiger charge is 2.07. The van der Waals surface area contributed by atoms with Gasteiger partial charge in [0.05, 0.1) is 18.8 Å². The average Bonchev–Trinajstić information content (AvgIpc) is 2.86. The van der Waals surface area contributed by atoms with Crippen molar-refractivity contribution in [3.05, 3.63) is 30.6 Å². The van der Waals surface area contributed by atoms with Crippen molar-refractivity contribution in [3.63, 3.8) is 0 Å². The highest BCUT2D eigenvalue weighted by Crippen LogP contribution is 2.21. The summed E-state index contributed by atoms with van der Waals surface area (Å²) in [5, 5.41) is 7.47. The Kier molecular flexibility index (Phi) is 4.22. The van der Waals surface area contributed by atoms with Gasteiger partial charge in [0.25, 0.3) is 0 Å². The minimum atomic E-state index is 0.200. The number of anilines is 2. The molecular weight excluding hydrogens is 242 g/mol. The van der Waals surface area contributed by atoms with Gasteiger partial charge in [0, 0.05) is 18.4 Å². The van der Waals surface area contributed by atoms with Crippen LogP contribution in [0, 0.1) is 0 Å². The van der Waals surface area contributed by atoms with E-state index in [0.717, 1.165) is 12.4 Å². The van der Waals surface area contributed by atoms with Crippen molar-refractivity contribution >= 4 is 11.5 Å². The molecule has 3 N–H and O–H groups in total. The normalized spacial score (nSPS) is 12.1. The Morgan fingerprint density at radius 1 is 1.47 bits per heavy atom. The van der Waals surface area contributed by atoms with Crippen LogP contribution in [-0.4, -0.2) is 27.4 Å². The molecule has 1 atom stereocenters. The van der Waals surface area contributed by atoms with Crippen molar-refractivity contribution in [1.29, 1.82) is 0 Å². The van der Waals surface area contributed by atoms with Crippen LogP contribution in [0.3, 0.4) is 0 Å². The summed E-state index contributed by atoms with van der Waals surface area (Å²) in [5.74, 6) is 1.22. The molecule has 19 heavy (non-hydrogen) atoms. The van der Waals surface area contributed by atoms with Crippen molar-refractivity contribution in [2.45, 2.75) is 26.4 Å². The zero-order chi connectivity index (χ0) is 13.7. The first kappa shape index (κ1) is 13.2. The van der Waals surface area contributed by atoms with Crippen molar-refractivity contribution in [2.75, 3.05) is 17.7 Å². The number of pyridine rings is 1. The van der Waals surface area contributed by atoms with E-state index >= 15 is 0 Å². The fourth-order valence-corrected chi connectivity index (χ4v) is 1.77. The molecule has 0 aliphatic carbocycles. The number of aromatic nitrogens is 3. The number of nitrogens with zero attached hydrogens (tertiary/aromatic N) is 3. The number of ether oxygens (including phenoxy) is 1. The van der Waals surface area contributed by atoms with Crippen LogP contribution in [-0.2, 0) is 6.54 Å². The van der Waals surface area contributed by atoms with Crippen LogP contribution in [0.25, 0.3) is 0 Å². The maximum atomic E-state index is 5.79. The molecule has 0 amide bonds. The number of rotatable bonds is 6. The number of nitrogen functional groups attached to an aromatic ring is 1. The molecule has 2 aromatic heterocycles.